The molecule has 1 aromatic rings. The molecule has 0 unspecified atom stereocenters. The summed E-state index contributed by atoms with van der Waals surface area (Å²) in [5, 5.41) is 3.38. The Morgan fingerprint density at radius 3 is 2.62 bits per heavy atom. The van der Waals surface area contributed by atoms with E-state index >= 15 is 0 Å². The molecule has 13 heavy (non-hydrogen) atoms. The van der Waals surface area contributed by atoms with Crippen molar-refractivity contribution in [3.05, 3.63) is 53.6 Å². The van der Waals surface area contributed by atoms with Gasteiger partial charge in [-0.1, -0.05) is 42.5 Å². The van der Waals surface area contributed by atoms with Gasteiger partial charge in [-0.3, -0.25) is 0 Å². The number of dihydropyridines is 1. The fourth-order valence-corrected chi connectivity index (χ4v) is 1.55. The molecule has 0 saturated heterocycles. The summed E-state index contributed by atoms with van der Waals surface area (Å²) in [6.07, 6.45) is 4.31. The Morgan fingerprint density at radius 1 is 1.15 bits per heavy atom. The van der Waals surface area contributed by atoms with Crippen molar-refractivity contribution in [3.63, 3.8) is 0 Å². The summed E-state index contributed by atoms with van der Waals surface area (Å²) >= 11 is 0. The standard InChI is InChI=1S/C12H13N/c1-10-6-5-9-13-12(10)11-7-3-2-4-8-11/h2-8,13H,9H2,1H3. The monoisotopic (exact) mass is 171 g/mol. The number of rotatable bonds is 1. The van der Waals surface area contributed by atoms with Crippen LogP contribution in [0.5, 0.6) is 0 Å². The quantitative estimate of drug-likeness (QED) is 0.684. The van der Waals surface area contributed by atoms with Gasteiger partial charge < -0.3 is 5.32 Å². The molecule has 0 aliphatic carbocycles. The van der Waals surface area contributed by atoms with E-state index in [0.29, 0.717) is 0 Å². The fourth-order valence-electron chi connectivity index (χ4n) is 1.55. The van der Waals surface area contributed by atoms with E-state index in [1.165, 1.54) is 16.8 Å². The van der Waals surface area contributed by atoms with Crippen molar-refractivity contribution in [2.24, 2.45) is 0 Å². The second-order valence-corrected chi connectivity index (χ2v) is 3.21. The van der Waals surface area contributed by atoms with Crippen molar-refractivity contribution in [2.75, 3.05) is 6.54 Å². The number of hydrogen-bond donors (Lipinski definition) is 1. The SMILES string of the molecule is CC1=C(c2ccccc2)NCC=C1. The van der Waals surface area contributed by atoms with Crippen LogP contribution < -0.4 is 5.32 Å². The van der Waals surface area contributed by atoms with E-state index in [0.717, 1.165) is 6.54 Å². The summed E-state index contributed by atoms with van der Waals surface area (Å²) in [6, 6.07) is 10.4. The molecule has 1 nitrogen and oxygen atoms in total. The van der Waals surface area contributed by atoms with E-state index < -0.39 is 0 Å². The maximum atomic E-state index is 3.38. The number of allylic oxidation sites excluding steroid dienone is 2. The molecule has 1 heteroatoms. The van der Waals surface area contributed by atoms with Crippen LogP contribution >= 0.6 is 0 Å². The first kappa shape index (κ1) is 8.11. The van der Waals surface area contributed by atoms with Gasteiger partial charge in [-0.25, -0.2) is 0 Å². The van der Waals surface area contributed by atoms with E-state index in [2.05, 4.69) is 48.7 Å². The summed E-state index contributed by atoms with van der Waals surface area (Å²) in [5.74, 6) is 0. The van der Waals surface area contributed by atoms with E-state index in [4.69, 9.17) is 0 Å². The first-order valence-electron chi connectivity index (χ1n) is 4.54. The predicted molar refractivity (Wildman–Crippen MR) is 56.2 cm³/mol. The van der Waals surface area contributed by atoms with Crippen LogP contribution in [-0.4, -0.2) is 6.54 Å². The highest BCUT2D eigenvalue weighted by Crippen LogP contribution is 2.18. The van der Waals surface area contributed by atoms with Crippen molar-refractivity contribution >= 4 is 5.70 Å². The highest BCUT2D eigenvalue weighted by Gasteiger charge is 2.04. The number of benzene rings is 1. The first-order chi connectivity index (χ1) is 6.38. The Balaban J connectivity index is 2.41. The summed E-state index contributed by atoms with van der Waals surface area (Å²) in [6.45, 7) is 3.06. The molecule has 1 N–H and O–H groups in total. The summed E-state index contributed by atoms with van der Waals surface area (Å²) in [5.41, 5.74) is 3.82. The minimum Gasteiger partial charge on any atom is -0.381 e. The average Bonchev–Trinajstić information content (AvgIpc) is 2.20. The third kappa shape index (κ3) is 1.64. The van der Waals surface area contributed by atoms with Crippen LogP contribution in [-0.2, 0) is 0 Å². The molecule has 0 radical (unpaired) electrons. The zero-order chi connectivity index (χ0) is 9.10. The number of hydrogen-bond acceptors (Lipinski definition) is 1. The van der Waals surface area contributed by atoms with E-state index in [1.807, 2.05) is 6.07 Å². The second kappa shape index (κ2) is 3.48. The number of nitrogens with one attached hydrogen (secondary N) is 1. The third-order valence-corrected chi connectivity index (χ3v) is 2.22. The molecule has 1 aromatic carbocycles. The Morgan fingerprint density at radius 2 is 1.92 bits per heavy atom. The Labute approximate surface area is 78.8 Å². The second-order valence-electron chi connectivity index (χ2n) is 3.21. The highest BCUT2D eigenvalue weighted by atomic mass is 14.9. The molecule has 0 atom stereocenters. The molecule has 0 bridgehead atoms. The molecule has 2 rings (SSSR count). The molecule has 0 saturated carbocycles. The van der Waals surface area contributed by atoms with Gasteiger partial charge >= 0.3 is 0 Å². The van der Waals surface area contributed by atoms with Crippen LogP contribution in [0.1, 0.15) is 12.5 Å². The maximum Gasteiger partial charge on any atom is 0.0445 e. The predicted octanol–water partition coefficient (Wildman–Crippen LogP) is 2.58. The van der Waals surface area contributed by atoms with Crippen LogP contribution in [0.2, 0.25) is 0 Å². The molecule has 0 aromatic heterocycles. The Kier molecular flexibility index (Phi) is 2.17. The fraction of sp³-hybridized carbons (Fsp3) is 0.167. The lowest BCUT2D eigenvalue weighted by molar-refractivity contribution is 0.980. The van der Waals surface area contributed by atoms with Crippen molar-refractivity contribution in [2.45, 2.75) is 6.92 Å². The highest BCUT2D eigenvalue weighted by molar-refractivity contribution is 5.70. The van der Waals surface area contributed by atoms with Crippen molar-refractivity contribution in [1.29, 1.82) is 0 Å². The Hall–Kier alpha value is -1.50. The molecule has 66 valence electrons. The average molecular weight is 171 g/mol. The van der Waals surface area contributed by atoms with Gasteiger partial charge in [-0.15, -0.1) is 0 Å². The summed E-state index contributed by atoms with van der Waals surface area (Å²) in [4.78, 5) is 0. The lowest BCUT2D eigenvalue weighted by Gasteiger charge is -2.15. The van der Waals surface area contributed by atoms with E-state index in [-0.39, 0.29) is 0 Å². The van der Waals surface area contributed by atoms with Crippen LogP contribution in [0.4, 0.5) is 0 Å². The normalized spacial score (nSPS) is 15.8. The lowest BCUT2D eigenvalue weighted by Crippen LogP contribution is -2.16. The van der Waals surface area contributed by atoms with Crippen LogP contribution in [0, 0.1) is 0 Å². The first-order valence-corrected chi connectivity index (χ1v) is 4.54. The van der Waals surface area contributed by atoms with Gasteiger partial charge in [-0.2, -0.15) is 0 Å². The largest absolute Gasteiger partial charge is 0.381 e. The van der Waals surface area contributed by atoms with Gasteiger partial charge in [0.2, 0.25) is 0 Å². The van der Waals surface area contributed by atoms with Crippen molar-refractivity contribution < 1.29 is 0 Å². The molecule has 0 spiro atoms. The summed E-state index contributed by atoms with van der Waals surface area (Å²) in [7, 11) is 0. The van der Waals surface area contributed by atoms with Crippen LogP contribution in [0.25, 0.3) is 5.70 Å². The van der Waals surface area contributed by atoms with Gasteiger partial charge in [0, 0.05) is 12.2 Å². The smallest absolute Gasteiger partial charge is 0.0445 e. The van der Waals surface area contributed by atoms with Gasteiger partial charge in [-0.05, 0) is 18.1 Å². The van der Waals surface area contributed by atoms with Gasteiger partial charge in [0.05, 0.1) is 0 Å². The maximum absolute atomic E-state index is 3.38. The minimum atomic E-state index is 0.932. The van der Waals surface area contributed by atoms with Gasteiger partial charge in [0.1, 0.15) is 0 Å². The van der Waals surface area contributed by atoms with Crippen LogP contribution in [0.3, 0.4) is 0 Å². The van der Waals surface area contributed by atoms with Gasteiger partial charge in [0.15, 0.2) is 0 Å². The molecule has 0 fully saturated rings. The summed E-state index contributed by atoms with van der Waals surface area (Å²) < 4.78 is 0. The van der Waals surface area contributed by atoms with Gasteiger partial charge in [0.25, 0.3) is 0 Å². The molecular formula is C12H13N. The third-order valence-electron chi connectivity index (χ3n) is 2.22. The molecule has 0 amide bonds. The zero-order valence-corrected chi connectivity index (χ0v) is 7.75. The minimum absolute atomic E-state index is 0.932. The topological polar surface area (TPSA) is 12.0 Å². The molecule has 1 aliphatic rings. The van der Waals surface area contributed by atoms with E-state index in [9.17, 15) is 0 Å². The van der Waals surface area contributed by atoms with Crippen molar-refractivity contribution in [1.82, 2.24) is 5.32 Å². The lowest BCUT2D eigenvalue weighted by atomic mass is 10.1. The Bertz CT molecular complexity index is 347. The van der Waals surface area contributed by atoms with Crippen LogP contribution in [0.15, 0.2) is 48.1 Å². The van der Waals surface area contributed by atoms with Crippen molar-refractivity contribution in [3.8, 4) is 0 Å². The molecular weight excluding hydrogens is 158 g/mol. The molecule has 1 heterocycles. The van der Waals surface area contributed by atoms with E-state index in [1.54, 1.807) is 0 Å². The molecule has 1 aliphatic heterocycles. The zero-order valence-electron chi connectivity index (χ0n) is 7.75.